The van der Waals surface area contributed by atoms with Crippen molar-refractivity contribution in [2.24, 2.45) is 10.9 Å². The second-order valence-corrected chi connectivity index (χ2v) is 5.49. The van der Waals surface area contributed by atoms with Crippen LogP contribution < -0.4 is 10.6 Å². The van der Waals surface area contributed by atoms with Crippen molar-refractivity contribution in [1.82, 2.24) is 0 Å². The van der Waals surface area contributed by atoms with E-state index in [1.165, 1.54) is 6.07 Å². The molecule has 1 heterocycles. The van der Waals surface area contributed by atoms with Crippen molar-refractivity contribution in [2.75, 3.05) is 18.0 Å². The van der Waals surface area contributed by atoms with E-state index in [0.717, 1.165) is 6.42 Å². The average molecular weight is 281 g/mol. The lowest BCUT2D eigenvalue weighted by molar-refractivity contribution is 0.0481. The number of halogens is 1. The highest BCUT2D eigenvalue weighted by atomic mass is 19.1. The van der Waals surface area contributed by atoms with Crippen LogP contribution in [0.25, 0.3) is 0 Å². The van der Waals surface area contributed by atoms with Crippen LogP contribution in [0.15, 0.2) is 23.4 Å². The number of rotatable bonds is 2. The maximum Gasteiger partial charge on any atom is 0.170 e. The van der Waals surface area contributed by atoms with Gasteiger partial charge >= 0.3 is 0 Å². The van der Waals surface area contributed by atoms with Gasteiger partial charge in [-0.1, -0.05) is 5.16 Å². The number of benzene rings is 1. The molecule has 0 aliphatic carbocycles. The van der Waals surface area contributed by atoms with Crippen molar-refractivity contribution in [3.05, 3.63) is 29.6 Å². The summed E-state index contributed by atoms with van der Waals surface area (Å²) in [7, 11) is 0. The van der Waals surface area contributed by atoms with Crippen molar-refractivity contribution < 1.29 is 14.7 Å². The predicted molar refractivity (Wildman–Crippen MR) is 75.6 cm³/mol. The van der Waals surface area contributed by atoms with Crippen molar-refractivity contribution in [3.63, 3.8) is 0 Å². The minimum absolute atomic E-state index is 0.116. The Hall–Kier alpha value is -1.82. The molecule has 1 aliphatic rings. The Bertz CT molecular complexity index is 517. The SMILES string of the molecule is CC1(O)CCCN(c2ccc(/C(N)=N/O)cc2F)CC1. The molecule has 0 amide bonds. The Morgan fingerprint density at radius 1 is 1.40 bits per heavy atom. The van der Waals surface area contributed by atoms with Crippen LogP contribution in [0.5, 0.6) is 0 Å². The third-order valence-corrected chi connectivity index (χ3v) is 3.76. The summed E-state index contributed by atoms with van der Waals surface area (Å²) in [5.41, 5.74) is 5.58. The lowest BCUT2D eigenvalue weighted by Crippen LogP contribution is -2.29. The van der Waals surface area contributed by atoms with Crippen LogP contribution in [0, 0.1) is 5.82 Å². The molecule has 2 rings (SSSR count). The number of hydrogen-bond donors (Lipinski definition) is 3. The number of aliphatic hydroxyl groups is 1. The minimum atomic E-state index is -0.681. The van der Waals surface area contributed by atoms with E-state index >= 15 is 0 Å². The molecule has 1 aromatic rings. The maximum atomic E-state index is 14.2. The van der Waals surface area contributed by atoms with Gasteiger partial charge < -0.3 is 20.9 Å². The van der Waals surface area contributed by atoms with Gasteiger partial charge in [-0.05, 0) is 44.4 Å². The molecule has 0 aromatic heterocycles. The largest absolute Gasteiger partial charge is 0.409 e. The first-order valence-corrected chi connectivity index (χ1v) is 6.68. The number of hydrogen-bond acceptors (Lipinski definition) is 4. The fourth-order valence-corrected chi connectivity index (χ4v) is 2.48. The second-order valence-electron chi connectivity index (χ2n) is 5.49. The zero-order valence-electron chi connectivity index (χ0n) is 11.5. The molecule has 5 nitrogen and oxygen atoms in total. The van der Waals surface area contributed by atoms with Gasteiger partial charge in [-0.25, -0.2) is 4.39 Å². The minimum Gasteiger partial charge on any atom is -0.409 e. The first-order chi connectivity index (χ1) is 9.43. The average Bonchev–Trinajstić information content (AvgIpc) is 2.59. The second kappa shape index (κ2) is 5.66. The van der Waals surface area contributed by atoms with Gasteiger partial charge in [-0.3, -0.25) is 0 Å². The fraction of sp³-hybridized carbons (Fsp3) is 0.500. The third kappa shape index (κ3) is 3.19. The molecule has 1 aromatic carbocycles. The van der Waals surface area contributed by atoms with E-state index in [-0.39, 0.29) is 5.84 Å². The van der Waals surface area contributed by atoms with Gasteiger partial charge in [0, 0.05) is 18.7 Å². The quantitative estimate of drug-likeness (QED) is 0.333. The first kappa shape index (κ1) is 14.6. The molecule has 1 unspecified atom stereocenters. The first-order valence-electron chi connectivity index (χ1n) is 6.68. The van der Waals surface area contributed by atoms with Crippen LogP contribution in [-0.4, -0.2) is 34.8 Å². The Balaban J connectivity index is 2.21. The summed E-state index contributed by atoms with van der Waals surface area (Å²) in [4.78, 5) is 1.92. The summed E-state index contributed by atoms with van der Waals surface area (Å²) in [5, 5.41) is 21.5. The molecule has 110 valence electrons. The van der Waals surface area contributed by atoms with Gasteiger partial charge in [0.15, 0.2) is 5.84 Å². The monoisotopic (exact) mass is 281 g/mol. The van der Waals surface area contributed by atoms with E-state index in [9.17, 15) is 9.50 Å². The fourth-order valence-electron chi connectivity index (χ4n) is 2.48. The number of anilines is 1. The van der Waals surface area contributed by atoms with Crippen LogP contribution >= 0.6 is 0 Å². The van der Waals surface area contributed by atoms with Crippen LogP contribution in [0.1, 0.15) is 31.7 Å². The van der Waals surface area contributed by atoms with Crippen molar-refractivity contribution in [1.29, 1.82) is 0 Å². The Morgan fingerprint density at radius 3 is 2.80 bits per heavy atom. The lowest BCUT2D eigenvalue weighted by atomic mass is 9.98. The Morgan fingerprint density at radius 2 is 2.15 bits per heavy atom. The highest BCUT2D eigenvalue weighted by Gasteiger charge is 2.26. The van der Waals surface area contributed by atoms with E-state index in [0.29, 0.717) is 37.2 Å². The predicted octanol–water partition coefficient (Wildman–Crippen LogP) is 1.66. The maximum absolute atomic E-state index is 14.2. The topological polar surface area (TPSA) is 82.1 Å². The van der Waals surface area contributed by atoms with E-state index in [2.05, 4.69) is 5.16 Å². The molecule has 0 bridgehead atoms. The van der Waals surface area contributed by atoms with Crippen LogP contribution in [-0.2, 0) is 0 Å². The van der Waals surface area contributed by atoms with Gasteiger partial charge in [-0.15, -0.1) is 0 Å². The summed E-state index contributed by atoms with van der Waals surface area (Å²) in [6, 6.07) is 4.51. The molecule has 1 saturated heterocycles. The molecular weight excluding hydrogens is 261 g/mol. The van der Waals surface area contributed by atoms with Gasteiger partial charge in [0.25, 0.3) is 0 Å². The molecular formula is C14H20FN3O2. The number of nitrogens with two attached hydrogens (primary N) is 1. The van der Waals surface area contributed by atoms with Crippen molar-refractivity contribution >= 4 is 11.5 Å². The van der Waals surface area contributed by atoms with E-state index in [1.54, 1.807) is 12.1 Å². The summed E-state index contributed by atoms with van der Waals surface area (Å²) < 4.78 is 14.2. The molecule has 0 spiro atoms. The van der Waals surface area contributed by atoms with Crippen molar-refractivity contribution in [3.8, 4) is 0 Å². The molecule has 1 fully saturated rings. The smallest absolute Gasteiger partial charge is 0.170 e. The number of oxime groups is 1. The normalized spacial score (nSPS) is 24.6. The molecule has 4 N–H and O–H groups in total. The number of amidine groups is 1. The summed E-state index contributed by atoms with van der Waals surface area (Å²) >= 11 is 0. The van der Waals surface area contributed by atoms with Crippen LogP contribution in [0.4, 0.5) is 10.1 Å². The van der Waals surface area contributed by atoms with Gasteiger partial charge in [0.1, 0.15) is 5.82 Å². The Labute approximate surface area is 117 Å². The van der Waals surface area contributed by atoms with Crippen LogP contribution in [0.2, 0.25) is 0 Å². The van der Waals surface area contributed by atoms with E-state index in [1.807, 2.05) is 11.8 Å². The molecule has 0 radical (unpaired) electrons. The van der Waals surface area contributed by atoms with E-state index < -0.39 is 11.4 Å². The third-order valence-electron chi connectivity index (χ3n) is 3.76. The van der Waals surface area contributed by atoms with Gasteiger partial charge in [0.05, 0.1) is 11.3 Å². The summed E-state index contributed by atoms with van der Waals surface area (Å²) in [6.07, 6.45) is 2.14. The molecule has 1 aliphatic heterocycles. The van der Waals surface area contributed by atoms with Gasteiger partial charge in [0.2, 0.25) is 0 Å². The van der Waals surface area contributed by atoms with Crippen molar-refractivity contribution in [2.45, 2.75) is 31.8 Å². The summed E-state index contributed by atoms with van der Waals surface area (Å²) in [5.74, 6) is -0.523. The Kier molecular flexibility index (Phi) is 4.13. The highest BCUT2D eigenvalue weighted by molar-refractivity contribution is 5.97. The zero-order valence-corrected chi connectivity index (χ0v) is 11.5. The molecule has 6 heteroatoms. The molecule has 0 saturated carbocycles. The molecule has 1 atom stereocenters. The standard InChI is InChI=1S/C14H20FN3O2/c1-14(19)5-2-7-18(8-6-14)12-4-3-10(9-11(12)15)13(16)17-20/h3-4,9,19-20H,2,5-8H2,1H3,(H2,16,17). The highest BCUT2D eigenvalue weighted by Crippen LogP contribution is 2.27. The van der Waals surface area contributed by atoms with Crippen LogP contribution in [0.3, 0.4) is 0 Å². The number of nitrogens with zero attached hydrogens (tertiary/aromatic N) is 2. The lowest BCUT2D eigenvalue weighted by Gasteiger charge is -2.24. The van der Waals surface area contributed by atoms with Gasteiger partial charge in [-0.2, -0.15) is 0 Å². The molecule has 20 heavy (non-hydrogen) atoms. The van der Waals surface area contributed by atoms with E-state index in [4.69, 9.17) is 10.9 Å². The summed E-state index contributed by atoms with van der Waals surface area (Å²) in [6.45, 7) is 3.12. The zero-order chi connectivity index (χ0) is 14.8.